The van der Waals surface area contributed by atoms with Crippen molar-refractivity contribution in [2.45, 2.75) is 89.1 Å². The number of carbonyl (C=O) groups excluding carboxylic acids is 2. The first-order valence-corrected chi connectivity index (χ1v) is 16.7. The van der Waals surface area contributed by atoms with Crippen LogP contribution >= 0.6 is 0 Å². The minimum atomic E-state index is -0.547. The van der Waals surface area contributed by atoms with Crippen molar-refractivity contribution >= 4 is 11.8 Å². The highest BCUT2D eigenvalue weighted by molar-refractivity contribution is 5.76. The molecule has 5 rings (SSSR count). The quantitative estimate of drug-likeness (QED) is 0.0892. The van der Waals surface area contributed by atoms with E-state index in [0.29, 0.717) is 32.2 Å². The standard InChI is InChI=1S/C37H47N3O7/c41-24-26-11-13-29(14-12-26)34-21-33(23-40-19-5-8-32(40)25-42)46-37(47-34)30-17-15-28(16-18-30)31-7-4-6-27(20-31)22-38-35(43)9-2-1-3-10-36(44)39-45/h4,6-7,11-18,20,32-34,37,41-42,45H,1-3,5,8-10,19,21-25H2,(H,38,43)(H,39,44)/t32-,33+,34-,37-/m0/s1. The molecule has 47 heavy (non-hydrogen) atoms. The van der Waals surface area contributed by atoms with E-state index in [9.17, 15) is 19.8 Å². The number of nitrogens with zero attached hydrogens (tertiary/aromatic N) is 1. The van der Waals surface area contributed by atoms with Gasteiger partial charge in [0, 0.05) is 44.0 Å². The Morgan fingerprint density at radius 1 is 0.830 bits per heavy atom. The van der Waals surface area contributed by atoms with Gasteiger partial charge in [-0.1, -0.05) is 73.2 Å². The predicted octanol–water partition coefficient (Wildman–Crippen LogP) is 4.92. The van der Waals surface area contributed by atoms with Gasteiger partial charge in [0.2, 0.25) is 11.8 Å². The Kier molecular flexibility index (Phi) is 12.9. The van der Waals surface area contributed by atoms with Crippen LogP contribution in [0.3, 0.4) is 0 Å². The number of aliphatic hydroxyl groups is 2. The summed E-state index contributed by atoms with van der Waals surface area (Å²) in [5.74, 6) is -0.439. The summed E-state index contributed by atoms with van der Waals surface area (Å²) in [5.41, 5.74) is 7.54. The topological polar surface area (TPSA) is 141 Å². The number of hydrogen-bond donors (Lipinski definition) is 5. The van der Waals surface area contributed by atoms with Crippen molar-refractivity contribution in [3.8, 4) is 11.1 Å². The van der Waals surface area contributed by atoms with E-state index in [1.54, 1.807) is 5.48 Å². The molecule has 4 atom stereocenters. The number of likely N-dealkylation sites (tertiary alicyclic amines) is 1. The average molecular weight is 646 g/mol. The molecule has 3 aromatic rings. The summed E-state index contributed by atoms with van der Waals surface area (Å²) in [6.45, 7) is 2.27. The number of carbonyl (C=O) groups is 2. The Labute approximate surface area is 276 Å². The number of amides is 2. The van der Waals surface area contributed by atoms with Crippen LogP contribution in [0.4, 0.5) is 0 Å². The van der Waals surface area contributed by atoms with Gasteiger partial charge in [-0.3, -0.25) is 19.7 Å². The molecule has 0 aliphatic carbocycles. The van der Waals surface area contributed by atoms with Crippen LogP contribution in [0, 0.1) is 0 Å². The normalized spacial score (nSPS) is 21.4. The lowest BCUT2D eigenvalue weighted by Crippen LogP contribution is -2.42. The highest BCUT2D eigenvalue weighted by Crippen LogP contribution is 2.39. The Balaban J connectivity index is 1.20. The molecule has 0 aromatic heterocycles. The molecule has 0 saturated carbocycles. The lowest BCUT2D eigenvalue weighted by Gasteiger charge is -2.38. The molecule has 5 N–H and O–H groups in total. The Morgan fingerprint density at radius 3 is 2.30 bits per heavy atom. The van der Waals surface area contributed by atoms with E-state index < -0.39 is 12.2 Å². The second-order valence-corrected chi connectivity index (χ2v) is 12.5. The fourth-order valence-corrected chi connectivity index (χ4v) is 6.42. The number of aliphatic hydroxyl groups excluding tert-OH is 2. The third-order valence-corrected chi connectivity index (χ3v) is 9.13. The summed E-state index contributed by atoms with van der Waals surface area (Å²) in [7, 11) is 0. The van der Waals surface area contributed by atoms with Gasteiger partial charge in [0.1, 0.15) is 0 Å². The fourth-order valence-electron chi connectivity index (χ4n) is 6.42. The Morgan fingerprint density at radius 2 is 1.57 bits per heavy atom. The van der Waals surface area contributed by atoms with Crippen molar-refractivity contribution in [3.63, 3.8) is 0 Å². The molecule has 10 nitrogen and oxygen atoms in total. The van der Waals surface area contributed by atoms with Gasteiger partial charge >= 0.3 is 0 Å². The SMILES string of the molecule is O=C(CCCCCC(=O)NCc1cccc(-c2ccc([C@H]3O[C@@H](CN4CCC[C@H]4CO)C[C@@H](c4ccc(CO)cc4)O3)cc2)c1)NO. The van der Waals surface area contributed by atoms with Crippen molar-refractivity contribution in [3.05, 3.63) is 95.1 Å². The predicted molar refractivity (Wildman–Crippen MR) is 177 cm³/mol. The molecule has 2 saturated heterocycles. The van der Waals surface area contributed by atoms with E-state index in [-0.39, 0.29) is 43.8 Å². The van der Waals surface area contributed by atoms with E-state index in [1.807, 2.05) is 54.6 Å². The first-order chi connectivity index (χ1) is 22.9. The molecular formula is C37H47N3O7. The molecule has 3 aromatic carbocycles. The zero-order valence-corrected chi connectivity index (χ0v) is 26.9. The summed E-state index contributed by atoms with van der Waals surface area (Å²) < 4.78 is 13.1. The van der Waals surface area contributed by atoms with Gasteiger partial charge in [-0.25, -0.2) is 5.48 Å². The number of ether oxygens (including phenoxy) is 2. The molecule has 0 unspecified atom stereocenters. The van der Waals surface area contributed by atoms with Gasteiger partial charge in [-0.2, -0.15) is 0 Å². The van der Waals surface area contributed by atoms with Gasteiger partial charge in [-0.05, 0) is 66.1 Å². The summed E-state index contributed by atoms with van der Waals surface area (Å²) in [5, 5.41) is 30.9. The van der Waals surface area contributed by atoms with Gasteiger partial charge in [0.25, 0.3) is 0 Å². The van der Waals surface area contributed by atoms with Gasteiger partial charge in [0.15, 0.2) is 6.29 Å². The van der Waals surface area contributed by atoms with Crippen LogP contribution in [0.15, 0.2) is 72.8 Å². The molecule has 10 heteroatoms. The lowest BCUT2D eigenvalue weighted by molar-refractivity contribution is -0.253. The molecule has 252 valence electrons. The number of nitrogens with one attached hydrogen (secondary N) is 2. The monoisotopic (exact) mass is 645 g/mol. The zero-order valence-electron chi connectivity index (χ0n) is 26.9. The first kappa shape index (κ1) is 34.7. The molecule has 2 aliphatic rings. The molecular weight excluding hydrogens is 598 g/mol. The zero-order chi connectivity index (χ0) is 33.0. The van der Waals surface area contributed by atoms with Crippen molar-refractivity contribution in [1.82, 2.24) is 15.7 Å². The van der Waals surface area contributed by atoms with Crippen molar-refractivity contribution in [1.29, 1.82) is 0 Å². The van der Waals surface area contributed by atoms with Crippen LogP contribution in [-0.4, -0.2) is 64.0 Å². The van der Waals surface area contributed by atoms with Crippen LogP contribution in [0.25, 0.3) is 11.1 Å². The smallest absolute Gasteiger partial charge is 0.243 e. The maximum atomic E-state index is 12.3. The summed E-state index contributed by atoms with van der Waals surface area (Å²) in [4.78, 5) is 25.7. The summed E-state index contributed by atoms with van der Waals surface area (Å²) in [6, 6.07) is 24.4. The lowest BCUT2D eigenvalue weighted by atomic mass is 9.98. The molecule has 0 radical (unpaired) electrons. The van der Waals surface area contributed by atoms with E-state index in [4.69, 9.17) is 14.7 Å². The van der Waals surface area contributed by atoms with E-state index >= 15 is 0 Å². The van der Waals surface area contributed by atoms with Crippen LogP contribution in [0.5, 0.6) is 0 Å². The second kappa shape index (κ2) is 17.5. The van der Waals surface area contributed by atoms with E-state index in [0.717, 1.165) is 65.7 Å². The highest BCUT2D eigenvalue weighted by Gasteiger charge is 2.35. The van der Waals surface area contributed by atoms with E-state index in [1.165, 1.54) is 0 Å². The minimum absolute atomic E-state index is 0.00190. The van der Waals surface area contributed by atoms with Crippen molar-refractivity contribution in [2.24, 2.45) is 0 Å². The highest BCUT2D eigenvalue weighted by atomic mass is 16.7. The molecule has 2 heterocycles. The third-order valence-electron chi connectivity index (χ3n) is 9.13. The maximum absolute atomic E-state index is 12.3. The van der Waals surface area contributed by atoms with Gasteiger partial charge in [-0.15, -0.1) is 0 Å². The van der Waals surface area contributed by atoms with Crippen LogP contribution in [0.2, 0.25) is 0 Å². The molecule has 0 bridgehead atoms. The average Bonchev–Trinajstić information content (AvgIpc) is 3.57. The maximum Gasteiger partial charge on any atom is 0.243 e. The van der Waals surface area contributed by atoms with E-state index in [2.05, 4.69) is 28.4 Å². The first-order valence-electron chi connectivity index (χ1n) is 16.7. The Hall–Kier alpha value is -3.64. The van der Waals surface area contributed by atoms with Gasteiger partial charge in [0.05, 0.1) is 25.4 Å². The van der Waals surface area contributed by atoms with Crippen LogP contribution in [-0.2, 0) is 32.2 Å². The summed E-state index contributed by atoms with van der Waals surface area (Å²) >= 11 is 0. The minimum Gasteiger partial charge on any atom is -0.395 e. The fraction of sp³-hybridized carbons (Fsp3) is 0.459. The molecule has 2 amide bonds. The number of benzene rings is 3. The third kappa shape index (κ3) is 9.93. The van der Waals surface area contributed by atoms with Crippen LogP contribution < -0.4 is 10.8 Å². The van der Waals surface area contributed by atoms with Crippen molar-refractivity contribution < 1.29 is 34.5 Å². The van der Waals surface area contributed by atoms with Gasteiger partial charge < -0.3 is 25.0 Å². The molecule has 2 aliphatic heterocycles. The largest absolute Gasteiger partial charge is 0.395 e. The van der Waals surface area contributed by atoms with Crippen molar-refractivity contribution in [2.75, 3.05) is 19.7 Å². The molecule has 0 spiro atoms. The number of hydrogen-bond acceptors (Lipinski definition) is 8. The molecule has 2 fully saturated rings. The van der Waals surface area contributed by atoms with Crippen LogP contribution in [0.1, 0.15) is 86.0 Å². The number of hydroxylamine groups is 1. The second-order valence-electron chi connectivity index (χ2n) is 12.5. The number of rotatable bonds is 15. The number of unbranched alkanes of at least 4 members (excludes halogenated alkanes) is 2. The Bertz CT molecular complexity index is 1430. The summed E-state index contributed by atoms with van der Waals surface area (Å²) in [6.07, 6.45) is 4.69.